The fraction of sp³-hybridized carbons (Fsp3) is 0.0500. The second-order valence-electron chi connectivity index (χ2n) is 5.62. The van der Waals surface area contributed by atoms with Crippen molar-refractivity contribution in [2.24, 2.45) is 5.73 Å². The van der Waals surface area contributed by atoms with Crippen LogP contribution >= 0.6 is 11.3 Å². The van der Waals surface area contributed by atoms with E-state index in [-0.39, 0.29) is 14.5 Å². The second kappa shape index (κ2) is 6.52. The molecule has 0 bridgehead atoms. The minimum atomic E-state index is -0.391. The Kier molecular flexibility index (Phi) is 4.22. The summed E-state index contributed by atoms with van der Waals surface area (Å²) in [4.78, 5) is 11.6. The van der Waals surface area contributed by atoms with Crippen molar-refractivity contribution >= 4 is 41.4 Å². The van der Waals surface area contributed by atoms with Crippen molar-refractivity contribution in [3.05, 3.63) is 64.9 Å². The molecule has 0 aliphatic rings. The van der Waals surface area contributed by atoms with Gasteiger partial charge in [0.15, 0.2) is 0 Å². The van der Waals surface area contributed by atoms with E-state index < -0.39 is 5.91 Å². The predicted molar refractivity (Wildman–Crippen MR) is 105 cm³/mol. The molecule has 0 aliphatic heterocycles. The minimum absolute atomic E-state index is 0.178. The number of methoxy groups -OCH3 is 1. The number of rotatable bonds is 4. The number of amides is 1. The molecule has 124 valence electrons. The maximum atomic E-state index is 11.6. The van der Waals surface area contributed by atoms with E-state index >= 15 is 0 Å². The molecule has 4 aromatic rings. The summed E-state index contributed by atoms with van der Waals surface area (Å²) in [5.41, 5.74) is 9.64. The van der Waals surface area contributed by atoms with Gasteiger partial charge >= 0.3 is 156 Å². The number of hydrogen-bond donors (Lipinski definition) is 1. The molecular weight excluding hydrogens is 397 g/mol. The van der Waals surface area contributed by atoms with Gasteiger partial charge in [0.2, 0.25) is 0 Å². The average Bonchev–Trinajstić information content (AvgIpc) is 3.28. The molecule has 3 nitrogen and oxygen atoms in total. The topological polar surface area (TPSA) is 52.3 Å². The van der Waals surface area contributed by atoms with Crippen molar-refractivity contribution < 1.29 is 9.53 Å². The van der Waals surface area contributed by atoms with Crippen LogP contribution in [-0.4, -0.2) is 27.5 Å². The van der Waals surface area contributed by atoms with Gasteiger partial charge in [0, 0.05) is 0 Å². The van der Waals surface area contributed by atoms with Gasteiger partial charge in [-0.3, -0.25) is 0 Å². The van der Waals surface area contributed by atoms with Gasteiger partial charge in [0.25, 0.3) is 0 Å². The first-order valence-corrected chi connectivity index (χ1v) is 10.4. The Morgan fingerprint density at radius 1 is 1.08 bits per heavy atom. The zero-order chi connectivity index (χ0) is 17.4. The summed E-state index contributed by atoms with van der Waals surface area (Å²) in [6, 6.07) is 16.1. The molecule has 25 heavy (non-hydrogen) atoms. The summed E-state index contributed by atoms with van der Waals surface area (Å²) in [6.45, 7) is 0. The third-order valence-electron chi connectivity index (χ3n) is 4.13. The molecule has 0 spiro atoms. The molecule has 2 N–H and O–H groups in total. The van der Waals surface area contributed by atoms with Crippen LogP contribution in [-0.2, 0) is 0 Å². The number of fused-ring (bicyclic) bond motifs is 1. The van der Waals surface area contributed by atoms with Gasteiger partial charge in [-0.2, -0.15) is 0 Å². The van der Waals surface area contributed by atoms with Gasteiger partial charge < -0.3 is 0 Å². The van der Waals surface area contributed by atoms with E-state index in [1.165, 1.54) is 25.4 Å². The van der Waals surface area contributed by atoms with Gasteiger partial charge in [-0.1, -0.05) is 0 Å². The number of primary amides is 1. The van der Waals surface area contributed by atoms with E-state index in [0.29, 0.717) is 5.56 Å². The SMILES string of the molecule is COc1ccc(-c2[se]c3ccc(C(N)=O)cc3c2-c2ccsc2)cc1. The fourth-order valence-corrected chi connectivity index (χ4v) is 6.08. The number of benzene rings is 2. The van der Waals surface area contributed by atoms with Crippen LogP contribution in [0.25, 0.3) is 30.8 Å². The summed E-state index contributed by atoms with van der Waals surface area (Å²) < 4.78 is 7.88. The van der Waals surface area contributed by atoms with Crippen LogP contribution in [0.5, 0.6) is 5.75 Å². The zero-order valence-electron chi connectivity index (χ0n) is 13.5. The molecular formula is C20H15NO2SSe. The average molecular weight is 412 g/mol. The molecule has 2 aromatic carbocycles. The van der Waals surface area contributed by atoms with Crippen molar-refractivity contribution in [1.82, 2.24) is 0 Å². The van der Waals surface area contributed by atoms with Gasteiger partial charge in [-0.15, -0.1) is 0 Å². The van der Waals surface area contributed by atoms with Crippen LogP contribution in [0, 0.1) is 0 Å². The van der Waals surface area contributed by atoms with Crippen molar-refractivity contribution in [3.63, 3.8) is 0 Å². The second-order valence-corrected chi connectivity index (χ2v) is 8.61. The molecule has 0 aliphatic carbocycles. The molecule has 2 heterocycles. The van der Waals surface area contributed by atoms with Crippen LogP contribution in [0.3, 0.4) is 0 Å². The summed E-state index contributed by atoms with van der Waals surface area (Å²) in [5, 5.41) is 5.36. The number of nitrogens with two attached hydrogens (primary N) is 1. The zero-order valence-corrected chi connectivity index (χ0v) is 16.0. The Morgan fingerprint density at radius 3 is 2.52 bits per heavy atom. The first kappa shape index (κ1) is 16.2. The Labute approximate surface area is 155 Å². The van der Waals surface area contributed by atoms with Crippen molar-refractivity contribution in [2.45, 2.75) is 0 Å². The summed E-state index contributed by atoms with van der Waals surface area (Å²) in [7, 11) is 1.67. The Morgan fingerprint density at radius 2 is 1.88 bits per heavy atom. The summed E-state index contributed by atoms with van der Waals surface area (Å²) in [6.07, 6.45) is 0. The van der Waals surface area contributed by atoms with Crippen LogP contribution in [0.4, 0.5) is 0 Å². The molecule has 4 rings (SSSR count). The molecule has 1 amide bonds. The number of thiophene rings is 1. The molecule has 0 radical (unpaired) electrons. The normalized spacial score (nSPS) is 10.9. The molecule has 2 aromatic heterocycles. The third-order valence-corrected chi connectivity index (χ3v) is 7.38. The summed E-state index contributed by atoms with van der Waals surface area (Å²) in [5.74, 6) is 0.457. The Balaban J connectivity index is 1.99. The molecule has 0 fully saturated rings. The quantitative estimate of drug-likeness (QED) is 0.505. The van der Waals surface area contributed by atoms with Gasteiger partial charge in [0.1, 0.15) is 0 Å². The first-order valence-electron chi connectivity index (χ1n) is 7.70. The molecule has 0 unspecified atom stereocenters. The van der Waals surface area contributed by atoms with Crippen LogP contribution < -0.4 is 10.5 Å². The molecule has 0 saturated carbocycles. The monoisotopic (exact) mass is 413 g/mol. The van der Waals surface area contributed by atoms with E-state index in [2.05, 4.69) is 29.0 Å². The van der Waals surface area contributed by atoms with Gasteiger partial charge in [0.05, 0.1) is 0 Å². The van der Waals surface area contributed by atoms with Crippen molar-refractivity contribution in [2.75, 3.05) is 7.11 Å². The van der Waals surface area contributed by atoms with E-state index in [4.69, 9.17) is 10.5 Å². The Bertz CT molecular complexity index is 1050. The number of ether oxygens (including phenoxy) is 1. The maximum absolute atomic E-state index is 11.6. The van der Waals surface area contributed by atoms with Crippen molar-refractivity contribution in [3.8, 4) is 26.9 Å². The predicted octanol–water partition coefficient (Wildman–Crippen LogP) is 4.40. The van der Waals surface area contributed by atoms with Crippen LogP contribution in [0.2, 0.25) is 0 Å². The standard InChI is InChI=1S/C20H15NO2SSe/c1-23-15-5-2-12(3-6-15)19-18(14-8-9-24-11-14)16-10-13(20(21)22)4-7-17(16)25-19/h2-11H,1H3,(H2,21,22). The van der Waals surface area contributed by atoms with Crippen molar-refractivity contribution in [1.29, 1.82) is 0 Å². The number of carbonyl (C=O) groups excluding carboxylic acids is 1. The molecule has 0 saturated heterocycles. The van der Waals surface area contributed by atoms with E-state index in [1.54, 1.807) is 18.4 Å². The summed E-state index contributed by atoms with van der Waals surface area (Å²) >= 11 is 1.85. The van der Waals surface area contributed by atoms with Gasteiger partial charge in [-0.25, -0.2) is 0 Å². The first-order chi connectivity index (χ1) is 12.2. The number of hydrogen-bond acceptors (Lipinski definition) is 3. The van der Waals surface area contributed by atoms with Crippen LogP contribution in [0.15, 0.2) is 59.3 Å². The van der Waals surface area contributed by atoms with E-state index in [1.807, 2.05) is 30.3 Å². The molecule has 5 heteroatoms. The third kappa shape index (κ3) is 2.91. The fourth-order valence-electron chi connectivity index (χ4n) is 2.89. The molecule has 0 atom stereocenters. The van der Waals surface area contributed by atoms with E-state index in [0.717, 1.165) is 11.1 Å². The number of carbonyl (C=O) groups is 1. The van der Waals surface area contributed by atoms with Crippen LogP contribution in [0.1, 0.15) is 10.4 Å². The van der Waals surface area contributed by atoms with E-state index in [9.17, 15) is 4.79 Å². The Hall–Kier alpha value is -2.33. The van der Waals surface area contributed by atoms with Gasteiger partial charge in [-0.05, 0) is 0 Å².